The molecule has 2 heterocycles. The molecule has 0 atom stereocenters. The summed E-state index contributed by atoms with van der Waals surface area (Å²) in [7, 11) is 0. The van der Waals surface area contributed by atoms with Gasteiger partial charge in [0.1, 0.15) is 23.3 Å². The van der Waals surface area contributed by atoms with Crippen LogP contribution in [0.1, 0.15) is 10.5 Å². The van der Waals surface area contributed by atoms with E-state index in [9.17, 15) is 18.0 Å². The minimum Gasteiger partial charge on any atom is -0.410 e. The fourth-order valence-electron chi connectivity index (χ4n) is 1.66. The number of nitrogens with zero attached hydrogens (tertiary/aromatic N) is 4. The maximum absolute atomic E-state index is 11.7. The van der Waals surface area contributed by atoms with Crippen LogP contribution in [-0.2, 0) is 0 Å². The molecule has 0 bridgehead atoms. The summed E-state index contributed by atoms with van der Waals surface area (Å²) >= 11 is 5.54. The van der Waals surface area contributed by atoms with Gasteiger partial charge in [0, 0.05) is 11.2 Å². The van der Waals surface area contributed by atoms with Crippen molar-refractivity contribution in [1.29, 1.82) is 0 Å². The van der Waals surface area contributed by atoms with E-state index in [1.165, 1.54) is 18.3 Å². The van der Waals surface area contributed by atoms with E-state index in [1.807, 2.05) is 12.1 Å². The van der Waals surface area contributed by atoms with E-state index >= 15 is 0 Å². The Morgan fingerprint density at radius 3 is 2.64 bits per heavy atom. The summed E-state index contributed by atoms with van der Waals surface area (Å²) in [6, 6.07) is 9.80. The van der Waals surface area contributed by atoms with Crippen molar-refractivity contribution in [3.63, 3.8) is 0 Å². The lowest BCUT2D eigenvalue weighted by Gasteiger charge is -2.07. The molecule has 7 nitrogen and oxygen atoms in total. The van der Waals surface area contributed by atoms with Crippen molar-refractivity contribution in [3.8, 4) is 0 Å². The molecule has 0 aliphatic rings. The molecule has 3 rings (SSSR count). The first-order valence-corrected chi connectivity index (χ1v) is 7.10. The van der Waals surface area contributed by atoms with E-state index < -0.39 is 18.6 Å². The van der Waals surface area contributed by atoms with Crippen LogP contribution in [0.25, 0.3) is 11.0 Å². The maximum Gasteiger partial charge on any atom is 0.405 e. The van der Waals surface area contributed by atoms with Gasteiger partial charge in [-0.05, 0) is 29.5 Å². The predicted molar refractivity (Wildman–Crippen MR) is 82.3 cm³/mol. The quantitative estimate of drug-likeness (QED) is 0.674. The monoisotopic (exact) mass is 373 g/mol. The molecule has 25 heavy (non-hydrogen) atoms. The number of benzene rings is 1. The SMILES string of the molecule is O=C(NCC(F)(F)F)c1cc(Cl)ccn1.On1nnc2ccccc21. The molecule has 2 aromatic heterocycles. The van der Waals surface area contributed by atoms with Gasteiger partial charge in [-0.1, -0.05) is 28.6 Å². The first-order valence-electron chi connectivity index (χ1n) is 6.72. The average molecular weight is 374 g/mol. The third-order valence-electron chi connectivity index (χ3n) is 2.74. The minimum absolute atomic E-state index is 0.147. The van der Waals surface area contributed by atoms with Gasteiger partial charge in [0.15, 0.2) is 0 Å². The Labute approximate surface area is 144 Å². The van der Waals surface area contributed by atoms with Gasteiger partial charge in [-0.25, -0.2) is 0 Å². The van der Waals surface area contributed by atoms with Gasteiger partial charge in [0.05, 0.1) is 0 Å². The molecule has 0 aliphatic carbocycles. The number of para-hydroxylation sites is 1. The first-order chi connectivity index (χ1) is 11.8. The molecule has 3 aromatic rings. The molecule has 132 valence electrons. The van der Waals surface area contributed by atoms with Crippen molar-refractivity contribution in [2.45, 2.75) is 6.18 Å². The first kappa shape index (κ1) is 18.5. The Kier molecular flexibility index (Phi) is 5.75. The molecule has 1 amide bonds. The van der Waals surface area contributed by atoms with Crippen molar-refractivity contribution in [3.05, 3.63) is 53.3 Å². The molecule has 0 saturated carbocycles. The molecule has 0 saturated heterocycles. The van der Waals surface area contributed by atoms with Crippen molar-refractivity contribution in [1.82, 2.24) is 25.5 Å². The molecule has 0 unspecified atom stereocenters. The van der Waals surface area contributed by atoms with Crippen LogP contribution >= 0.6 is 11.6 Å². The highest BCUT2D eigenvalue weighted by Gasteiger charge is 2.28. The van der Waals surface area contributed by atoms with Crippen LogP contribution in [0, 0.1) is 0 Å². The number of rotatable bonds is 2. The summed E-state index contributed by atoms with van der Waals surface area (Å²) in [5, 5.41) is 18.0. The highest BCUT2D eigenvalue weighted by Crippen LogP contribution is 2.13. The average Bonchev–Trinajstić information content (AvgIpc) is 2.94. The van der Waals surface area contributed by atoms with Crippen LogP contribution in [0.2, 0.25) is 5.02 Å². The predicted octanol–water partition coefficient (Wildman–Crippen LogP) is 2.70. The fourth-order valence-corrected chi connectivity index (χ4v) is 1.82. The lowest BCUT2D eigenvalue weighted by atomic mass is 10.3. The van der Waals surface area contributed by atoms with Crippen molar-refractivity contribution >= 4 is 28.5 Å². The number of fused-ring (bicyclic) bond motifs is 1. The number of nitrogens with one attached hydrogen (secondary N) is 1. The summed E-state index contributed by atoms with van der Waals surface area (Å²) in [5.74, 6) is -0.908. The van der Waals surface area contributed by atoms with Crippen LogP contribution < -0.4 is 5.32 Å². The summed E-state index contributed by atoms with van der Waals surface area (Å²) in [6.07, 6.45) is -3.20. The summed E-state index contributed by atoms with van der Waals surface area (Å²) in [6.45, 7) is -1.39. The van der Waals surface area contributed by atoms with Crippen LogP contribution in [0.5, 0.6) is 0 Å². The maximum atomic E-state index is 11.7. The van der Waals surface area contributed by atoms with Gasteiger partial charge >= 0.3 is 6.18 Å². The highest BCUT2D eigenvalue weighted by molar-refractivity contribution is 6.30. The zero-order chi connectivity index (χ0) is 18.4. The number of pyridine rings is 1. The summed E-state index contributed by atoms with van der Waals surface area (Å²) in [4.78, 5) is 15.4. The van der Waals surface area contributed by atoms with Gasteiger partial charge in [-0.3, -0.25) is 9.78 Å². The lowest BCUT2D eigenvalue weighted by Crippen LogP contribution is -2.34. The Morgan fingerprint density at radius 1 is 1.28 bits per heavy atom. The molecule has 2 N–H and O–H groups in total. The number of carbonyl (C=O) groups excluding carboxylic acids is 1. The van der Waals surface area contributed by atoms with Gasteiger partial charge in [0.25, 0.3) is 5.91 Å². The van der Waals surface area contributed by atoms with Crippen LogP contribution in [0.3, 0.4) is 0 Å². The van der Waals surface area contributed by atoms with Gasteiger partial charge in [-0.2, -0.15) is 13.2 Å². The molecule has 1 aromatic carbocycles. The van der Waals surface area contributed by atoms with E-state index in [1.54, 1.807) is 17.4 Å². The fraction of sp³-hybridized carbons (Fsp3) is 0.143. The standard InChI is InChI=1S/C8H6ClF3N2O.C6H5N3O/c9-5-1-2-13-6(3-5)7(15)14-4-8(10,11)12;10-9-6-4-2-1-3-5(6)7-8-9/h1-3H,4H2,(H,14,15);1-4,10H. The van der Waals surface area contributed by atoms with Crippen LogP contribution in [0.4, 0.5) is 13.2 Å². The third kappa shape index (κ3) is 5.60. The van der Waals surface area contributed by atoms with Gasteiger partial charge < -0.3 is 10.5 Å². The van der Waals surface area contributed by atoms with E-state index in [4.69, 9.17) is 16.8 Å². The molecule has 11 heteroatoms. The second-order valence-corrected chi connectivity index (χ2v) is 5.06. The molecule has 0 spiro atoms. The zero-order valence-corrected chi connectivity index (χ0v) is 13.2. The molecule has 0 aliphatic heterocycles. The lowest BCUT2D eigenvalue weighted by molar-refractivity contribution is -0.123. The van der Waals surface area contributed by atoms with Crippen molar-refractivity contribution < 1.29 is 23.2 Å². The molecule has 0 radical (unpaired) electrons. The smallest absolute Gasteiger partial charge is 0.405 e. The summed E-state index contributed by atoms with van der Waals surface area (Å²) in [5.41, 5.74) is 1.18. The second-order valence-electron chi connectivity index (χ2n) is 4.62. The number of hydrogen-bond acceptors (Lipinski definition) is 5. The Hall–Kier alpha value is -2.88. The normalized spacial score (nSPS) is 10.9. The number of alkyl halides is 3. The Bertz CT molecular complexity index is 869. The second kappa shape index (κ2) is 7.79. The van der Waals surface area contributed by atoms with Gasteiger partial charge in [-0.15, -0.1) is 5.10 Å². The number of aromatic nitrogens is 4. The zero-order valence-electron chi connectivity index (χ0n) is 12.4. The van der Waals surface area contributed by atoms with Gasteiger partial charge in [0.2, 0.25) is 0 Å². The number of halogens is 4. The van der Waals surface area contributed by atoms with E-state index in [0.717, 1.165) is 4.85 Å². The van der Waals surface area contributed by atoms with E-state index in [2.05, 4.69) is 15.3 Å². The molecule has 0 fully saturated rings. The Balaban J connectivity index is 0.000000194. The molecular weight excluding hydrogens is 363 g/mol. The van der Waals surface area contributed by atoms with Crippen LogP contribution in [0.15, 0.2) is 42.6 Å². The van der Waals surface area contributed by atoms with E-state index in [0.29, 0.717) is 11.0 Å². The highest BCUT2D eigenvalue weighted by atomic mass is 35.5. The largest absolute Gasteiger partial charge is 0.410 e. The van der Waals surface area contributed by atoms with E-state index in [-0.39, 0.29) is 10.7 Å². The van der Waals surface area contributed by atoms with Crippen molar-refractivity contribution in [2.24, 2.45) is 0 Å². The minimum atomic E-state index is -4.44. The van der Waals surface area contributed by atoms with Crippen LogP contribution in [-0.4, -0.2) is 44.0 Å². The number of amides is 1. The third-order valence-corrected chi connectivity index (χ3v) is 2.97. The number of hydrogen-bond donors (Lipinski definition) is 2. The topological polar surface area (TPSA) is 92.9 Å². The molecular formula is C14H11ClF3N5O2. The number of carbonyl (C=O) groups is 1. The van der Waals surface area contributed by atoms with Crippen molar-refractivity contribution in [2.75, 3.05) is 6.54 Å². The summed E-state index contributed by atoms with van der Waals surface area (Å²) < 4.78 is 35.2. The Morgan fingerprint density at radius 2 is 2.00 bits per heavy atom.